The van der Waals surface area contributed by atoms with Crippen molar-refractivity contribution < 1.29 is 4.79 Å². The van der Waals surface area contributed by atoms with Crippen molar-refractivity contribution >= 4 is 46.7 Å². The van der Waals surface area contributed by atoms with Gasteiger partial charge in [-0.15, -0.1) is 24.0 Å². The number of hydrogen-bond donors (Lipinski definition) is 2. The van der Waals surface area contributed by atoms with E-state index in [0.717, 1.165) is 57.9 Å². The molecule has 1 aromatic heterocycles. The van der Waals surface area contributed by atoms with Crippen molar-refractivity contribution in [3.8, 4) is 0 Å². The van der Waals surface area contributed by atoms with Crippen LogP contribution >= 0.6 is 24.0 Å². The molecule has 1 aliphatic rings. The van der Waals surface area contributed by atoms with E-state index in [1.165, 1.54) is 17.3 Å². The highest BCUT2D eigenvalue weighted by molar-refractivity contribution is 14.0. The van der Waals surface area contributed by atoms with Gasteiger partial charge >= 0.3 is 0 Å². The number of guanidine groups is 1. The smallest absolute Gasteiger partial charge is 0.244 e. The zero-order chi connectivity index (χ0) is 18.9. The number of halogens is 1. The van der Waals surface area contributed by atoms with E-state index >= 15 is 0 Å². The summed E-state index contributed by atoms with van der Waals surface area (Å²) >= 11 is 0. The van der Waals surface area contributed by atoms with Gasteiger partial charge in [0.05, 0.1) is 0 Å². The van der Waals surface area contributed by atoms with E-state index in [9.17, 15) is 4.79 Å². The van der Waals surface area contributed by atoms with Crippen LogP contribution in [0.2, 0.25) is 0 Å². The third kappa shape index (κ3) is 6.39. The van der Waals surface area contributed by atoms with Gasteiger partial charge in [-0.05, 0) is 50.1 Å². The van der Waals surface area contributed by atoms with Gasteiger partial charge in [-0.3, -0.25) is 4.79 Å². The number of piperidine rings is 1. The second-order valence-electron chi connectivity index (χ2n) is 6.98. The van der Waals surface area contributed by atoms with Gasteiger partial charge in [0, 0.05) is 44.4 Å². The fourth-order valence-electron chi connectivity index (χ4n) is 3.52. The van der Waals surface area contributed by atoms with Crippen molar-refractivity contribution in [2.45, 2.75) is 39.2 Å². The van der Waals surface area contributed by atoms with E-state index < -0.39 is 0 Å². The van der Waals surface area contributed by atoms with Crippen molar-refractivity contribution in [1.82, 2.24) is 20.1 Å². The second-order valence-corrected chi connectivity index (χ2v) is 6.98. The lowest BCUT2D eigenvalue weighted by atomic mass is 10.1. The summed E-state index contributed by atoms with van der Waals surface area (Å²) in [6.45, 7) is 6.56. The maximum atomic E-state index is 12.3. The number of carbonyl (C=O) groups excluding carboxylic acids is 1. The van der Waals surface area contributed by atoms with Crippen LogP contribution in [0.5, 0.6) is 0 Å². The maximum absolute atomic E-state index is 12.3. The fraction of sp³-hybridized carbons (Fsp3) is 0.524. The Morgan fingerprint density at radius 2 is 1.89 bits per heavy atom. The van der Waals surface area contributed by atoms with Gasteiger partial charge in [0.2, 0.25) is 5.91 Å². The highest BCUT2D eigenvalue weighted by Crippen LogP contribution is 2.15. The van der Waals surface area contributed by atoms with Crippen molar-refractivity contribution in [3.63, 3.8) is 0 Å². The van der Waals surface area contributed by atoms with E-state index in [2.05, 4.69) is 56.7 Å². The van der Waals surface area contributed by atoms with E-state index in [1.54, 1.807) is 0 Å². The number of para-hydroxylation sites is 1. The SMILES string of the molecule is CCNC(=NCC(=O)N1CCCCC1)NCCCn1ccc2ccccc21.I. The molecule has 6 nitrogen and oxygen atoms in total. The first kappa shape index (κ1) is 22.5. The average Bonchev–Trinajstić information content (AvgIpc) is 3.13. The normalized spacial score (nSPS) is 14.6. The molecule has 2 aromatic rings. The molecule has 0 spiro atoms. The predicted octanol–water partition coefficient (Wildman–Crippen LogP) is 3.22. The molecule has 0 unspecified atom stereocenters. The zero-order valence-corrected chi connectivity index (χ0v) is 19.0. The standard InChI is InChI=1S/C21H31N5O.HI/c1-2-22-21(24-17-20(27)26-13-6-3-7-14-26)23-12-8-15-25-16-11-18-9-4-5-10-19(18)25;/h4-5,9-11,16H,2-3,6-8,12-15,17H2,1H3,(H2,22,23,24);1H. The molecule has 3 rings (SSSR count). The van der Waals surface area contributed by atoms with Gasteiger partial charge in [-0.2, -0.15) is 0 Å². The molecule has 1 fully saturated rings. The number of hydrogen-bond acceptors (Lipinski definition) is 2. The number of likely N-dealkylation sites (tertiary alicyclic amines) is 1. The maximum Gasteiger partial charge on any atom is 0.244 e. The number of rotatable bonds is 7. The molecule has 154 valence electrons. The Kier molecular flexibility index (Phi) is 9.60. The van der Waals surface area contributed by atoms with Crippen LogP contribution in [0.25, 0.3) is 10.9 Å². The molecule has 0 aliphatic carbocycles. The van der Waals surface area contributed by atoms with Crippen LogP contribution in [0.3, 0.4) is 0 Å². The monoisotopic (exact) mass is 497 g/mol. The summed E-state index contributed by atoms with van der Waals surface area (Å²) in [5, 5.41) is 7.84. The molecule has 1 aliphatic heterocycles. The molecule has 0 atom stereocenters. The second kappa shape index (κ2) is 11.9. The highest BCUT2D eigenvalue weighted by atomic mass is 127. The first-order valence-electron chi connectivity index (χ1n) is 10.1. The number of amides is 1. The molecular weight excluding hydrogens is 465 g/mol. The minimum Gasteiger partial charge on any atom is -0.357 e. The van der Waals surface area contributed by atoms with Crippen molar-refractivity contribution in [3.05, 3.63) is 36.5 Å². The molecule has 7 heteroatoms. The minimum absolute atomic E-state index is 0. The average molecular weight is 497 g/mol. The number of benzene rings is 1. The van der Waals surface area contributed by atoms with Crippen molar-refractivity contribution in [2.24, 2.45) is 4.99 Å². The first-order chi connectivity index (χ1) is 13.3. The Balaban J connectivity index is 0.00000280. The molecule has 28 heavy (non-hydrogen) atoms. The Labute approximate surface area is 184 Å². The molecule has 0 radical (unpaired) electrons. The Morgan fingerprint density at radius 1 is 1.11 bits per heavy atom. The number of aromatic nitrogens is 1. The van der Waals surface area contributed by atoms with Crippen LogP contribution in [-0.4, -0.2) is 54.1 Å². The van der Waals surface area contributed by atoms with E-state index in [1.807, 2.05) is 11.8 Å². The van der Waals surface area contributed by atoms with Gasteiger partial charge in [0.25, 0.3) is 0 Å². The van der Waals surface area contributed by atoms with Crippen LogP contribution < -0.4 is 10.6 Å². The van der Waals surface area contributed by atoms with Gasteiger partial charge in [-0.25, -0.2) is 4.99 Å². The molecule has 1 aromatic carbocycles. The number of aryl methyl sites for hydroxylation is 1. The minimum atomic E-state index is 0. The third-order valence-corrected chi connectivity index (χ3v) is 4.97. The largest absolute Gasteiger partial charge is 0.357 e. The van der Waals surface area contributed by atoms with Crippen LogP contribution in [0, 0.1) is 0 Å². The van der Waals surface area contributed by atoms with Gasteiger partial charge in [0.1, 0.15) is 6.54 Å². The molecule has 1 amide bonds. The Morgan fingerprint density at radius 3 is 2.68 bits per heavy atom. The lowest BCUT2D eigenvalue weighted by molar-refractivity contribution is -0.130. The summed E-state index contributed by atoms with van der Waals surface area (Å²) in [5.41, 5.74) is 1.27. The fourth-order valence-corrected chi connectivity index (χ4v) is 3.52. The number of aliphatic imine (C=N–C) groups is 1. The summed E-state index contributed by atoms with van der Waals surface area (Å²) in [6.07, 6.45) is 6.59. The molecule has 1 saturated heterocycles. The lowest BCUT2D eigenvalue weighted by Gasteiger charge is -2.26. The van der Waals surface area contributed by atoms with Crippen LogP contribution in [0.15, 0.2) is 41.5 Å². The Hall–Kier alpha value is -1.77. The van der Waals surface area contributed by atoms with Crippen molar-refractivity contribution in [1.29, 1.82) is 0 Å². The van der Waals surface area contributed by atoms with Gasteiger partial charge in [0.15, 0.2) is 5.96 Å². The number of nitrogens with zero attached hydrogens (tertiary/aromatic N) is 3. The lowest BCUT2D eigenvalue weighted by Crippen LogP contribution is -2.40. The summed E-state index contributed by atoms with van der Waals surface area (Å²) < 4.78 is 2.28. The third-order valence-electron chi connectivity index (χ3n) is 4.97. The van der Waals surface area contributed by atoms with Crippen LogP contribution in [0.4, 0.5) is 0 Å². The topological polar surface area (TPSA) is 61.7 Å². The molecule has 2 heterocycles. The van der Waals surface area contributed by atoms with Gasteiger partial charge in [-0.1, -0.05) is 18.2 Å². The molecule has 2 N–H and O–H groups in total. The summed E-state index contributed by atoms with van der Waals surface area (Å²) in [5.74, 6) is 0.853. The predicted molar refractivity (Wildman–Crippen MR) is 126 cm³/mol. The van der Waals surface area contributed by atoms with Crippen LogP contribution in [0.1, 0.15) is 32.6 Å². The van der Waals surface area contributed by atoms with E-state index in [0.29, 0.717) is 0 Å². The quantitative estimate of drug-likeness (QED) is 0.267. The van der Waals surface area contributed by atoms with Crippen molar-refractivity contribution in [2.75, 3.05) is 32.7 Å². The molecule has 0 saturated carbocycles. The van der Waals surface area contributed by atoms with E-state index in [4.69, 9.17) is 0 Å². The van der Waals surface area contributed by atoms with Crippen LogP contribution in [-0.2, 0) is 11.3 Å². The molecule has 0 bridgehead atoms. The molecular formula is C21H32IN5O. The zero-order valence-electron chi connectivity index (χ0n) is 16.7. The number of nitrogens with one attached hydrogen (secondary N) is 2. The summed E-state index contributed by atoms with van der Waals surface area (Å²) in [6, 6.07) is 10.6. The first-order valence-corrected chi connectivity index (χ1v) is 10.1. The summed E-state index contributed by atoms with van der Waals surface area (Å²) in [4.78, 5) is 18.7. The van der Waals surface area contributed by atoms with Gasteiger partial charge < -0.3 is 20.1 Å². The number of fused-ring (bicyclic) bond motifs is 1. The Bertz CT molecular complexity index is 767. The van der Waals surface area contributed by atoms with E-state index in [-0.39, 0.29) is 36.4 Å². The highest BCUT2D eigenvalue weighted by Gasteiger charge is 2.15. The summed E-state index contributed by atoms with van der Waals surface area (Å²) in [7, 11) is 0. The number of carbonyl (C=O) groups is 1.